The Bertz CT molecular complexity index is 1070. The second-order valence-electron chi connectivity index (χ2n) is 6.12. The molecule has 2 aromatic heterocycles. The summed E-state index contributed by atoms with van der Waals surface area (Å²) in [5.41, 5.74) is 2.43. The van der Waals surface area contributed by atoms with E-state index >= 15 is 0 Å². The van der Waals surface area contributed by atoms with Crippen LogP contribution in [0.25, 0.3) is 16.6 Å². The Kier molecular flexibility index (Phi) is 3.96. The minimum atomic E-state index is -0.379. The van der Waals surface area contributed by atoms with Crippen LogP contribution in [0.15, 0.2) is 58.6 Å². The number of rotatable bonds is 4. The van der Waals surface area contributed by atoms with E-state index in [4.69, 9.17) is 0 Å². The Labute approximate surface area is 148 Å². The summed E-state index contributed by atoms with van der Waals surface area (Å²) in [7, 11) is 0. The van der Waals surface area contributed by atoms with Crippen molar-refractivity contribution in [2.75, 3.05) is 0 Å². The third-order valence-electron chi connectivity index (χ3n) is 4.30. The third kappa shape index (κ3) is 2.83. The van der Waals surface area contributed by atoms with Crippen molar-refractivity contribution in [1.29, 1.82) is 0 Å². The highest BCUT2D eigenvalue weighted by Crippen LogP contribution is 2.29. The van der Waals surface area contributed by atoms with E-state index in [1.165, 1.54) is 6.21 Å². The van der Waals surface area contributed by atoms with E-state index in [9.17, 15) is 14.7 Å². The smallest absolute Gasteiger partial charge is 0.267 e. The van der Waals surface area contributed by atoms with Gasteiger partial charge in [-0.05, 0) is 31.0 Å². The summed E-state index contributed by atoms with van der Waals surface area (Å²) in [6.07, 6.45) is 4.65. The second-order valence-corrected chi connectivity index (χ2v) is 6.12. The first-order valence-electron chi connectivity index (χ1n) is 8.28. The number of aromatic nitrogens is 2. The van der Waals surface area contributed by atoms with E-state index in [1.54, 1.807) is 48.7 Å². The number of carbonyl (C=O) groups is 1. The van der Waals surface area contributed by atoms with Crippen LogP contribution in [-0.2, 0) is 4.79 Å². The lowest BCUT2D eigenvalue weighted by atomic mass is 10.1. The SMILES string of the molecule is O=C(N/N=C/c1c(O)n(-c2ccccn2)c(=O)c2ccccc12)C1CC1. The third-order valence-corrected chi connectivity index (χ3v) is 4.30. The monoisotopic (exact) mass is 348 g/mol. The van der Waals surface area contributed by atoms with E-state index in [-0.39, 0.29) is 23.3 Å². The zero-order valence-corrected chi connectivity index (χ0v) is 13.8. The van der Waals surface area contributed by atoms with Crippen LogP contribution in [-0.4, -0.2) is 26.8 Å². The summed E-state index contributed by atoms with van der Waals surface area (Å²) < 4.78 is 1.13. The lowest BCUT2D eigenvalue weighted by Gasteiger charge is -2.12. The molecule has 1 fully saturated rings. The summed E-state index contributed by atoms with van der Waals surface area (Å²) in [5.74, 6) is -0.0858. The number of pyridine rings is 2. The Hall–Kier alpha value is -3.48. The topological polar surface area (TPSA) is 96.6 Å². The molecular weight excluding hydrogens is 332 g/mol. The fraction of sp³-hybridized carbons (Fsp3) is 0.158. The molecule has 1 saturated carbocycles. The minimum Gasteiger partial charge on any atom is -0.494 e. The molecule has 7 heteroatoms. The molecule has 0 spiro atoms. The number of benzene rings is 1. The van der Waals surface area contributed by atoms with Crippen molar-refractivity contribution in [2.45, 2.75) is 12.8 Å². The quantitative estimate of drug-likeness (QED) is 0.556. The Morgan fingerprint density at radius 2 is 1.92 bits per heavy atom. The first-order valence-corrected chi connectivity index (χ1v) is 8.28. The molecule has 0 radical (unpaired) electrons. The number of amides is 1. The molecular formula is C19H16N4O3. The van der Waals surface area contributed by atoms with Crippen LogP contribution in [0, 0.1) is 5.92 Å². The van der Waals surface area contributed by atoms with Gasteiger partial charge in [-0.2, -0.15) is 5.10 Å². The highest BCUT2D eigenvalue weighted by atomic mass is 16.3. The molecule has 0 unspecified atom stereocenters. The average molecular weight is 348 g/mol. The van der Waals surface area contributed by atoms with Crippen LogP contribution in [0.4, 0.5) is 0 Å². The van der Waals surface area contributed by atoms with Gasteiger partial charge in [-0.25, -0.2) is 15.0 Å². The van der Waals surface area contributed by atoms with Gasteiger partial charge in [0.25, 0.3) is 5.56 Å². The van der Waals surface area contributed by atoms with Gasteiger partial charge in [0, 0.05) is 22.9 Å². The van der Waals surface area contributed by atoms with E-state index < -0.39 is 0 Å². The summed E-state index contributed by atoms with van der Waals surface area (Å²) in [6.45, 7) is 0. The van der Waals surface area contributed by atoms with Crippen molar-refractivity contribution in [2.24, 2.45) is 11.0 Å². The van der Waals surface area contributed by atoms with Crippen LogP contribution >= 0.6 is 0 Å². The molecule has 7 nitrogen and oxygen atoms in total. The van der Waals surface area contributed by atoms with E-state index in [0.717, 1.165) is 17.4 Å². The standard InChI is InChI=1S/C19H16N4O3/c24-17(12-8-9-12)22-21-11-15-13-5-1-2-6-14(13)18(25)23(19(15)26)16-7-3-4-10-20-16/h1-7,10-12,26H,8-9H2,(H,22,24)/b21-11+. The van der Waals surface area contributed by atoms with Crippen LogP contribution in [0.2, 0.25) is 0 Å². The van der Waals surface area contributed by atoms with Crippen LogP contribution in [0.5, 0.6) is 5.88 Å². The highest BCUT2D eigenvalue weighted by Gasteiger charge is 2.29. The molecule has 1 aliphatic rings. The Balaban J connectivity index is 1.86. The zero-order valence-electron chi connectivity index (χ0n) is 13.8. The molecule has 4 rings (SSSR count). The van der Waals surface area contributed by atoms with Gasteiger partial charge in [-0.15, -0.1) is 0 Å². The molecule has 1 amide bonds. The van der Waals surface area contributed by atoms with Crippen molar-refractivity contribution < 1.29 is 9.90 Å². The lowest BCUT2D eigenvalue weighted by Crippen LogP contribution is -2.22. The molecule has 130 valence electrons. The zero-order chi connectivity index (χ0) is 18.1. The number of hydrazone groups is 1. The molecule has 0 atom stereocenters. The largest absolute Gasteiger partial charge is 0.494 e. The minimum absolute atomic E-state index is 0.0277. The summed E-state index contributed by atoms with van der Waals surface area (Å²) in [4.78, 5) is 28.7. The molecule has 0 bridgehead atoms. The van der Waals surface area contributed by atoms with Crippen molar-refractivity contribution in [3.63, 3.8) is 0 Å². The van der Waals surface area contributed by atoms with Crippen LogP contribution < -0.4 is 11.0 Å². The molecule has 26 heavy (non-hydrogen) atoms. The second kappa shape index (κ2) is 6.44. The lowest BCUT2D eigenvalue weighted by molar-refractivity contribution is -0.122. The van der Waals surface area contributed by atoms with Crippen LogP contribution in [0.1, 0.15) is 18.4 Å². The summed E-state index contributed by atoms with van der Waals surface area (Å²) >= 11 is 0. The Morgan fingerprint density at radius 1 is 1.19 bits per heavy atom. The maximum absolute atomic E-state index is 12.8. The van der Waals surface area contributed by atoms with Gasteiger partial charge in [0.15, 0.2) is 0 Å². The number of hydrogen-bond donors (Lipinski definition) is 2. The molecule has 0 saturated heterocycles. The van der Waals surface area contributed by atoms with Crippen molar-refractivity contribution in [3.8, 4) is 11.7 Å². The van der Waals surface area contributed by atoms with Gasteiger partial charge < -0.3 is 5.11 Å². The first kappa shape index (κ1) is 16.0. The van der Waals surface area contributed by atoms with Gasteiger partial charge in [-0.3, -0.25) is 9.59 Å². The van der Waals surface area contributed by atoms with Gasteiger partial charge in [-0.1, -0.05) is 24.3 Å². The number of nitrogens with zero attached hydrogens (tertiary/aromatic N) is 3. The number of fused-ring (bicyclic) bond motifs is 1. The van der Waals surface area contributed by atoms with Gasteiger partial charge in [0.2, 0.25) is 11.8 Å². The highest BCUT2D eigenvalue weighted by molar-refractivity contribution is 6.02. The molecule has 2 heterocycles. The van der Waals surface area contributed by atoms with Gasteiger partial charge >= 0.3 is 0 Å². The van der Waals surface area contributed by atoms with Crippen LogP contribution in [0.3, 0.4) is 0 Å². The van der Waals surface area contributed by atoms with Crippen molar-refractivity contribution in [1.82, 2.24) is 15.0 Å². The van der Waals surface area contributed by atoms with Crippen molar-refractivity contribution in [3.05, 3.63) is 64.6 Å². The number of carbonyl (C=O) groups excluding carboxylic acids is 1. The average Bonchev–Trinajstić information content (AvgIpc) is 3.51. The maximum Gasteiger partial charge on any atom is 0.267 e. The molecule has 0 aliphatic heterocycles. The fourth-order valence-electron chi connectivity index (χ4n) is 2.79. The summed E-state index contributed by atoms with van der Waals surface area (Å²) in [6, 6.07) is 12.0. The van der Waals surface area contributed by atoms with E-state index in [2.05, 4.69) is 15.5 Å². The first-order chi connectivity index (χ1) is 12.7. The maximum atomic E-state index is 12.8. The van der Waals surface area contributed by atoms with Gasteiger partial charge in [0.05, 0.1) is 11.8 Å². The number of aromatic hydroxyl groups is 1. The van der Waals surface area contributed by atoms with Gasteiger partial charge in [0.1, 0.15) is 5.82 Å². The fourth-order valence-corrected chi connectivity index (χ4v) is 2.79. The van der Waals surface area contributed by atoms with E-state index in [1.807, 2.05) is 0 Å². The predicted octanol–water partition coefficient (Wildman–Crippen LogP) is 1.95. The molecule has 1 aliphatic carbocycles. The molecule has 1 aromatic carbocycles. The predicted molar refractivity (Wildman–Crippen MR) is 97.5 cm³/mol. The Morgan fingerprint density at radius 3 is 2.62 bits per heavy atom. The molecule has 3 aromatic rings. The van der Waals surface area contributed by atoms with E-state index in [0.29, 0.717) is 22.2 Å². The molecule has 2 N–H and O–H groups in total. The number of nitrogens with one attached hydrogen (secondary N) is 1. The van der Waals surface area contributed by atoms with Crippen molar-refractivity contribution >= 4 is 22.9 Å². The summed E-state index contributed by atoms with van der Waals surface area (Å²) in [5, 5.41) is 15.7. The number of hydrogen-bond acceptors (Lipinski definition) is 5. The normalized spacial score (nSPS) is 14.0.